The number of ether oxygens (including phenoxy) is 1. The van der Waals surface area contributed by atoms with Crippen molar-refractivity contribution < 1.29 is 19.1 Å². The molecule has 0 radical (unpaired) electrons. The summed E-state index contributed by atoms with van der Waals surface area (Å²) in [7, 11) is 1.49. The number of hydrogen-bond donors (Lipinski definition) is 1. The van der Waals surface area contributed by atoms with Crippen LogP contribution >= 0.6 is 0 Å². The van der Waals surface area contributed by atoms with Crippen LogP contribution in [0.2, 0.25) is 0 Å². The van der Waals surface area contributed by atoms with E-state index in [0.29, 0.717) is 6.61 Å². The largest absolute Gasteiger partial charge is 0.383 e. The SMILES string of the molecule is COCCN(N)C1=CC(=O)CC(=O)C1=O. The van der Waals surface area contributed by atoms with Gasteiger partial charge in [0.1, 0.15) is 5.70 Å². The minimum Gasteiger partial charge on any atom is -0.383 e. The minimum atomic E-state index is -0.717. The second kappa shape index (κ2) is 4.81. The molecule has 6 nitrogen and oxygen atoms in total. The van der Waals surface area contributed by atoms with E-state index in [1.54, 1.807) is 0 Å². The highest BCUT2D eigenvalue weighted by Crippen LogP contribution is 2.10. The van der Waals surface area contributed by atoms with Gasteiger partial charge in [0.05, 0.1) is 19.6 Å². The summed E-state index contributed by atoms with van der Waals surface area (Å²) in [6.45, 7) is 0.554. The van der Waals surface area contributed by atoms with Gasteiger partial charge in [-0.2, -0.15) is 0 Å². The van der Waals surface area contributed by atoms with E-state index in [4.69, 9.17) is 10.6 Å². The lowest BCUT2D eigenvalue weighted by Crippen LogP contribution is -2.41. The van der Waals surface area contributed by atoms with E-state index in [1.165, 1.54) is 7.11 Å². The monoisotopic (exact) mass is 212 g/mol. The Bertz CT molecular complexity index is 335. The number of carbonyl (C=O) groups is 3. The molecule has 0 unspecified atom stereocenters. The van der Waals surface area contributed by atoms with Gasteiger partial charge < -0.3 is 9.75 Å². The van der Waals surface area contributed by atoms with Gasteiger partial charge in [-0.05, 0) is 0 Å². The zero-order valence-corrected chi connectivity index (χ0v) is 8.36. The molecule has 0 bridgehead atoms. The number of ketones is 3. The number of Topliss-reactive ketones (excluding diaryl/α,β-unsaturated/α-hetero) is 2. The van der Waals surface area contributed by atoms with Crippen LogP contribution in [0.1, 0.15) is 6.42 Å². The van der Waals surface area contributed by atoms with Crippen LogP contribution in [-0.2, 0) is 19.1 Å². The number of hydrogen-bond acceptors (Lipinski definition) is 6. The third kappa shape index (κ3) is 2.71. The van der Waals surface area contributed by atoms with Crippen LogP contribution < -0.4 is 5.84 Å². The molecule has 82 valence electrons. The lowest BCUT2D eigenvalue weighted by atomic mass is 10.0. The third-order valence-corrected chi connectivity index (χ3v) is 1.96. The van der Waals surface area contributed by atoms with Gasteiger partial charge in [-0.25, -0.2) is 5.84 Å². The molecule has 0 heterocycles. The van der Waals surface area contributed by atoms with Gasteiger partial charge in [0.25, 0.3) is 0 Å². The first-order valence-corrected chi connectivity index (χ1v) is 4.39. The van der Waals surface area contributed by atoms with Gasteiger partial charge in [-0.1, -0.05) is 0 Å². The summed E-state index contributed by atoms with van der Waals surface area (Å²) in [5, 5.41) is 1.06. The normalized spacial score (nSPS) is 16.7. The standard InChI is InChI=1S/C9H12N2O4/c1-15-3-2-11(10)7-4-6(12)5-8(13)9(7)14/h4H,2-3,5,10H2,1H3. The highest BCUT2D eigenvalue weighted by atomic mass is 16.5. The lowest BCUT2D eigenvalue weighted by Gasteiger charge is -2.21. The minimum absolute atomic E-state index is 0.0618. The number of rotatable bonds is 4. The quantitative estimate of drug-likeness (QED) is 0.272. The van der Waals surface area contributed by atoms with E-state index in [2.05, 4.69) is 0 Å². The van der Waals surface area contributed by atoms with Gasteiger partial charge in [-0.3, -0.25) is 14.4 Å². The highest BCUT2D eigenvalue weighted by Gasteiger charge is 2.29. The zero-order chi connectivity index (χ0) is 11.4. The number of nitrogens with two attached hydrogens (primary N) is 1. The van der Waals surface area contributed by atoms with E-state index in [0.717, 1.165) is 11.1 Å². The lowest BCUT2D eigenvalue weighted by molar-refractivity contribution is -0.138. The molecule has 2 N–H and O–H groups in total. The van der Waals surface area contributed by atoms with Crippen molar-refractivity contribution in [1.82, 2.24) is 5.01 Å². The average molecular weight is 212 g/mol. The van der Waals surface area contributed by atoms with Crippen LogP contribution in [0, 0.1) is 0 Å². The van der Waals surface area contributed by atoms with Crippen LogP contribution in [0.15, 0.2) is 11.8 Å². The number of allylic oxidation sites excluding steroid dienone is 2. The molecule has 0 spiro atoms. The van der Waals surface area contributed by atoms with Crippen molar-refractivity contribution in [2.45, 2.75) is 6.42 Å². The van der Waals surface area contributed by atoms with E-state index in [9.17, 15) is 14.4 Å². The molecule has 0 fully saturated rings. The maximum Gasteiger partial charge on any atom is 0.246 e. The third-order valence-electron chi connectivity index (χ3n) is 1.96. The van der Waals surface area contributed by atoms with Crippen molar-refractivity contribution in [2.24, 2.45) is 5.84 Å². The van der Waals surface area contributed by atoms with Crippen LogP contribution in [-0.4, -0.2) is 42.6 Å². The number of hydrazine groups is 1. The van der Waals surface area contributed by atoms with Crippen LogP contribution in [0.4, 0.5) is 0 Å². The predicted octanol–water partition coefficient (Wildman–Crippen LogP) is -1.20. The Hall–Kier alpha value is -1.53. The molecule has 15 heavy (non-hydrogen) atoms. The van der Waals surface area contributed by atoms with Crippen molar-refractivity contribution in [1.29, 1.82) is 0 Å². The van der Waals surface area contributed by atoms with Crippen molar-refractivity contribution in [3.63, 3.8) is 0 Å². The first-order chi connectivity index (χ1) is 7.06. The molecular weight excluding hydrogens is 200 g/mol. The second-order valence-corrected chi connectivity index (χ2v) is 3.11. The predicted molar refractivity (Wildman–Crippen MR) is 50.5 cm³/mol. The fourth-order valence-electron chi connectivity index (χ4n) is 1.17. The molecule has 0 saturated heterocycles. The maximum absolute atomic E-state index is 11.3. The Morgan fingerprint density at radius 1 is 1.47 bits per heavy atom. The van der Waals surface area contributed by atoms with Gasteiger partial charge in [-0.15, -0.1) is 0 Å². The Kier molecular flexibility index (Phi) is 3.70. The summed E-state index contributed by atoms with van der Waals surface area (Å²) in [5.41, 5.74) is -0.0618. The maximum atomic E-state index is 11.3. The Morgan fingerprint density at radius 3 is 2.73 bits per heavy atom. The van der Waals surface area contributed by atoms with E-state index in [-0.39, 0.29) is 18.7 Å². The van der Waals surface area contributed by atoms with Gasteiger partial charge >= 0.3 is 0 Å². The molecule has 0 aromatic rings. The molecular formula is C9H12N2O4. The fraction of sp³-hybridized carbons (Fsp3) is 0.444. The summed E-state index contributed by atoms with van der Waals surface area (Å²) in [6.07, 6.45) is 0.736. The van der Waals surface area contributed by atoms with Crippen molar-refractivity contribution in [2.75, 3.05) is 20.3 Å². The van der Waals surface area contributed by atoms with Crippen molar-refractivity contribution in [3.8, 4) is 0 Å². The number of methoxy groups -OCH3 is 1. The molecule has 0 aromatic heterocycles. The van der Waals surface area contributed by atoms with Gasteiger partial charge in [0.2, 0.25) is 11.6 Å². The summed E-state index contributed by atoms with van der Waals surface area (Å²) >= 11 is 0. The zero-order valence-electron chi connectivity index (χ0n) is 8.36. The first-order valence-electron chi connectivity index (χ1n) is 4.39. The van der Waals surface area contributed by atoms with E-state index in [1.807, 2.05) is 0 Å². The fourth-order valence-corrected chi connectivity index (χ4v) is 1.17. The Labute approximate surface area is 86.6 Å². The number of carbonyl (C=O) groups excluding carboxylic acids is 3. The summed E-state index contributed by atoms with van der Waals surface area (Å²) < 4.78 is 4.76. The highest BCUT2D eigenvalue weighted by molar-refractivity contribution is 6.48. The van der Waals surface area contributed by atoms with Crippen LogP contribution in [0.3, 0.4) is 0 Å². The summed E-state index contributed by atoms with van der Waals surface area (Å²) in [5.74, 6) is 3.68. The number of nitrogens with zero attached hydrogens (tertiary/aromatic N) is 1. The molecule has 1 aliphatic rings. The smallest absolute Gasteiger partial charge is 0.246 e. The van der Waals surface area contributed by atoms with Crippen molar-refractivity contribution >= 4 is 17.3 Å². The molecule has 0 aliphatic heterocycles. The Balaban J connectivity index is 2.78. The topological polar surface area (TPSA) is 89.7 Å². The second-order valence-electron chi connectivity index (χ2n) is 3.11. The van der Waals surface area contributed by atoms with E-state index >= 15 is 0 Å². The first kappa shape index (κ1) is 11.5. The molecule has 6 heteroatoms. The van der Waals surface area contributed by atoms with Crippen molar-refractivity contribution in [3.05, 3.63) is 11.8 Å². The Morgan fingerprint density at radius 2 is 2.13 bits per heavy atom. The summed E-state index contributed by atoms with van der Waals surface area (Å²) in [4.78, 5) is 33.5. The molecule has 1 aliphatic carbocycles. The van der Waals surface area contributed by atoms with Crippen LogP contribution in [0.25, 0.3) is 0 Å². The molecule has 0 saturated carbocycles. The molecule has 0 amide bonds. The molecule has 0 atom stereocenters. The van der Waals surface area contributed by atoms with E-state index < -0.39 is 17.3 Å². The van der Waals surface area contributed by atoms with Crippen LogP contribution in [0.5, 0.6) is 0 Å². The molecule has 1 rings (SSSR count). The van der Waals surface area contributed by atoms with Gasteiger partial charge in [0.15, 0.2) is 5.78 Å². The average Bonchev–Trinajstić information content (AvgIpc) is 2.19. The summed E-state index contributed by atoms with van der Waals surface area (Å²) in [6, 6.07) is 0. The molecule has 0 aromatic carbocycles. The van der Waals surface area contributed by atoms with Gasteiger partial charge in [0, 0.05) is 13.2 Å².